The van der Waals surface area contributed by atoms with E-state index in [1.807, 2.05) is 54.7 Å². The molecule has 0 atom stereocenters. The first-order valence-corrected chi connectivity index (χ1v) is 9.02. The molecule has 5 rings (SSSR count). The molecule has 27 heavy (non-hydrogen) atoms. The SMILES string of the molecule is Nc1ccc(-c2ncc3c(n2)CCN(Cc2nc4ccccc4o2)C3)cc1. The van der Waals surface area contributed by atoms with Gasteiger partial charge in [-0.05, 0) is 36.4 Å². The second kappa shape index (κ2) is 6.48. The lowest BCUT2D eigenvalue weighted by molar-refractivity contribution is 0.221. The molecule has 1 aliphatic rings. The summed E-state index contributed by atoms with van der Waals surface area (Å²) in [5.41, 5.74) is 11.5. The van der Waals surface area contributed by atoms with Gasteiger partial charge in [-0.2, -0.15) is 0 Å². The molecule has 1 aliphatic heterocycles. The Hall–Kier alpha value is -3.25. The van der Waals surface area contributed by atoms with Gasteiger partial charge in [-0.25, -0.2) is 15.0 Å². The molecule has 0 aliphatic carbocycles. The van der Waals surface area contributed by atoms with Crippen molar-refractivity contribution in [1.82, 2.24) is 19.9 Å². The summed E-state index contributed by atoms with van der Waals surface area (Å²) in [6.07, 6.45) is 2.83. The van der Waals surface area contributed by atoms with Gasteiger partial charge in [0.05, 0.1) is 12.2 Å². The van der Waals surface area contributed by atoms with E-state index in [1.165, 1.54) is 0 Å². The number of nitrogen functional groups attached to an aromatic ring is 1. The molecule has 3 heterocycles. The fraction of sp³-hybridized carbons (Fsp3) is 0.190. The van der Waals surface area contributed by atoms with Gasteiger partial charge in [0.1, 0.15) is 5.52 Å². The Kier molecular flexibility index (Phi) is 3.83. The predicted octanol–water partition coefficient (Wildman–Crippen LogP) is 3.43. The van der Waals surface area contributed by atoms with Crippen LogP contribution in [-0.4, -0.2) is 26.4 Å². The fourth-order valence-electron chi connectivity index (χ4n) is 3.46. The Morgan fingerprint density at radius 1 is 1.04 bits per heavy atom. The third kappa shape index (κ3) is 3.15. The van der Waals surface area contributed by atoms with Crippen molar-refractivity contribution < 1.29 is 4.42 Å². The van der Waals surface area contributed by atoms with Crippen LogP contribution in [0.25, 0.3) is 22.5 Å². The van der Waals surface area contributed by atoms with Crippen LogP contribution < -0.4 is 5.73 Å². The second-order valence-electron chi connectivity index (χ2n) is 6.82. The number of hydrogen-bond acceptors (Lipinski definition) is 6. The molecule has 0 fully saturated rings. The molecule has 134 valence electrons. The maximum absolute atomic E-state index is 5.85. The average Bonchev–Trinajstić information content (AvgIpc) is 3.10. The molecule has 0 amide bonds. The summed E-state index contributed by atoms with van der Waals surface area (Å²) in [5.74, 6) is 1.50. The van der Waals surface area contributed by atoms with E-state index in [2.05, 4.69) is 14.9 Å². The highest BCUT2D eigenvalue weighted by molar-refractivity contribution is 5.72. The Bertz CT molecular complexity index is 1070. The lowest BCUT2D eigenvalue weighted by Gasteiger charge is -2.26. The normalized spacial score (nSPS) is 14.4. The molecule has 2 aromatic heterocycles. The van der Waals surface area contributed by atoms with Crippen LogP contribution in [0, 0.1) is 0 Å². The smallest absolute Gasteiger partial charge is 0.209 e. The Balaban J connectivity index is 1.34. The standard InChI is InChI=1S/C21H19N5O/c22-16-7-5-14(6-8-16)21-23-11-15-12-26(10-9-17(15)25-21)13-20-24-18-3-1-2-4-19(18)27-20/h1-8,11H,9-10,12-13,22H2. The van der Waals surface area contributed by atoms with Crippen LogP contribution in [0.15, 0.2) is 59.1 Å². The molecule has 2 N–H and O–H groups in total. The van der Waals surface area contributed by atoms with Gasteiger partial charge in [0.2, 0.25) is 5.89 Å². The summed E-state index contributed by atoms with van der Waals surface area (Å²) in [5, 5.41) is 0. The summed E-state index contributed by atoms with van der Waals surface area (Å²) in [6, 6.07) is 15.5. The highest BCUT2D eigenvalue weighted by atomic mass is 16.3. The molecule has 0 radical (unpaired) electrons. The summed E-state index contributed by atoms with van der Waals surface area (Å²) in [4.78, 5) is 16.2. The number of nitrogens with two attached hydrogens (primary N) is 1. The number of aromatic nitrogens is 3. The van der Waals surface area contributed by atoms with Crippen molar-refractivity contribution in [2.45, 2.75) is 19.5 Å². The summed E-state index contributed by atoms with van der Waals surface area (Å²) >= 11 is 0. The van der Waals surface area contributed by atoms with Crippen molar-refractivity contribution in [3.05, 3.63) is 71.9 Å². The van der Waals surface area contributed by atoms with Gasteiger partial charge in [0.15, 0.2) is 11.4 Å². The van der Waals surface area contributed by atoms with Gasteiger partial charge in [-0.3, -0.25) is 4.90 Å². The first-order valence-electron chi connectivity index (χ1n) is 9.02. The van der Waals surface area contributed by atoms with E-state index in [0.29, 0.717) is 6.54 Å². The zero-order chi connectivity index (χ0) is 18.2. The molecular formula is C21H19N5O. The summed E-state index contributed by atoms with van der Waals surface area (Å²) in [6.45, 7) is 2.41. The Morgan fingerprint density at radius 2 is 1.89 bits per heavy atom. The van der Waals surface area contributed by atoms with E-state index in [1.54, 1.807) is 0 Å². The molecular weight excluding hydrogens is 338 g/mol. The zero-order valence-electron chi connectivity index (χ0n) is 14.8. The monoisotopic (exact) mass is 357 g/mol. The van der Waals surface area contributed by atoms with Gasteiger partial charge in [-0.1, -0.05) is 12.1 Å². The van der Waals surface area contributed by atoms with E-state index in [4.69, 9.17) is 15.1 Å². The van der Waals surface area contributed by atoms with Gasteiger partial charge >= 0.3 is 0 Å². The fourth-order valence-corrected chi connectivity index (χ4v) is 3.46. The molecule has 6 heteroatoms. The highest BCUT2D eigenvalue weighted by Crippen LogP contribution is 2.23. The first-order chi connectivity index (χ1) is 13.2. The highest BCUT2D eigenvalue weighted by Gasteiger charge is 2.20. The molecule has 0 saturated carbocycles. The van der Waals surface area contributed by atoms with Gasteiger partial charge in [0, 0.05) is 42.5 Å². The van der Waals surface area contributed by atoms with E-state index in [0.717, 1.165) is 64.8 Å². The molecule has 6 nitrogen and oxygen atoms in total. The van der Waals surface area contributed by atoms with Gasteiger partial charge < -0.3 is 10.2 Å². The van der Waals surface area contributed by atoms with Crippen LogP contribution in [0.3, 0.4) is 0 Å². The molecule has 0 saturated heterocycles. The van der Waals surface area contributed by atoms with Crippen molar-refractivity contribution >= 4 is 16.8 Å². The number of para-hydroxylation sites is 2. The largest absolute Gasteiger partial charge is 0.439 e. The van der Waals surface area contributed by atoms with Crippen LogP contribution in [0.5, 0.6) is 0 Å². The van der Waals surface area contributed by atoms with Crippen LogP contribution >= 0.6 is 0 Å². The molecule has 0 unspecified atom stereocenters. The van der Waals surface area contributed by atoms with Crippen LogP contribution in [0.2, 0.25) is 0 Å². The molecule has 2 aromatic carbocycles. The van der Waals surface area contributed by atoms with E-state index in [9.17, 15) is 0 Å². The maximum Gasteiger partial charge on any atom is 0.209 e. The van der Waals surface area contributed by atoms with Crippen LogP contribution in [-0.2, 0) is 19.5 Å². The zero-order valence-corrected chi connectivity index (χ0v) is 14.8. The number of benzene rings is 2. The lowest BCUT2D eigenvalue weighted by Crippen LogP contribution is -2.31. The van der Waals surface area contributed by atoms with Crippen molar-refractivity contribution in [3.63, 3.8) is 0 Å². The molecule has 0 spiro atoms. The Labute approximate surface area is 156 Å². The number of anilines is 1. The van der Waals surface area contributed by atoms with Crippen molar-refractivity contribution in [3.8, 4) is 11.4 Å². The second-order valence-corrected chi connectivity index (χ2v) is 6.82. The van der Waals surface area contributed by atoms with Crippen molar-refractivity contribution in [2.24, 2.45) is 0 Å². The topological polar surface area (TPSA) is 81.1 Å². The number of oxazole rings is 1. The number of nitrogens with zero attached hydrogens (tertiary/aromatic N) is 4. The third-order valence-corrected chi connectivity index (χ3v) is 4.88. The number of rotatable bonds is 3. The average molecular weight is 357 g/mol. The third-order valence-electron chi connectivity index (χ3n) is 4.88. The minimum Gasteiger partial charge on any atom is -0.439 e. The minimum absolute atomic E-state index is 0.688. The van der Waals surface area contributed by atoms with E-state index in [-0.39, 0.29) is 0 Å². The van der Waals surface area contributed by atoms with Crippen molar-refractivity contribution in [2.75, 3.05) is 12.3 Å². The predicted molar refractivity (Wildman–Crippen MR) is 104 cm³/mol. The number of hydrogen-bond donors (Lipinski definition) is 1. The summed E-state index contributed by atoms with van der Waals surface area (Å²) < 4.78 is 5.85. The van der Waals surface area contributed by atoms with Crippen molar-refractivity contribution in [1.29, 1.82) is 0 Å². The Morgan fingerprint density at radius 3 is 2.74 bits per heavy atom. The van der Waals surface area contributed by atoms with E-state index < -0.39 is 0 Å². The number of fused-ring (bicyclic) bond motifs is 2. The minimum atomic E-state index is 0.688. The molecule has 0 bridgehead atoms. The quantitative estimate of drug-likeness (QED) is 0.566. The summed E-state index contributed by atoms with van der Waals surface area (Å²) in [7, 11) is 0. The van der Waals surface area contributed by atoms with Crippen LogP contribution in [0.4, 0.5) is 5.69 Å². The maximum atomic E-state index is 5.85. The van der Waals surface area contributed by atoms with Gasteiger partial charge in [-0.15, -0.1) is 0 Å². The first kappa shape index (κ1) is 16.0. The van der Waals surface area contributed by atoms with E-state index >= 15 is 0 Å². The molecule has 4 aromatic rings. The lowest BCUT2D eigenvalue weighted by atomic mass is 10.1. The van der Waals surface area contributed by atoms with Crippen LogP contribution in [0.1, 0.15) is 17.1 Å². The van der Waals surface area contributed by atoms with Gasteiger partial charge in [0.25, 0.3) is 0 Å².